The molecule has 0 radical (unpaired) electrons. The fourth-order valence-electron chi connectivity index (χ4n) is 5.32. The summed E-state index contributed by atoms with van der Waals surface area (Å²) in [6.07, 6.45) is 3.82. The van der Waals surface area contributed by atoms with E-state index in [0.29, 0.717) is 12.5 Å². The molecule has 0 aromatic heterocycles. The quantitative estimate of drug-likeness (QED) is 0.787. The van der Waals surface area contributed by atoms with E-state index in [9.17, 15) is 9.90 Å². The summed E-state index contributed by atoms with van der Waals surface area (Å²) < 4.78 is 0. The number of nitrogens with zero attached hydrogens (tertiary/aromatic N) is 3. The van der Waals surface area contributed by atoms with Crippen molar-refractivity contribution in [1.82, 2.24) is 9.80 Å². The zero-order chi connectivity index (χ0) is 20.5. The first-order valence-corrected chi connectivity index (χ1v) is 11.3. The SMILES string of the molecule is Cl.O=C(CN1CCC(CN2Cc3ccccc3C2O)CC1)N1CCCc2ccccc21. The van der Waals surface area contributed by atoms with E-state index in [1.807, 2.05) is 29.2 Å². The summed E-state index contributed by atoms with van der Waals surface area (Å²) in [4.78, 5) is 19.5. The van der Waals surface area contributed by atoms with E-state index in [4.69, 9.17) is 0 Å². The minimum absolute atomic E-state index is 0. The van der Waals surface area contributed by atoms with Crippen LogP contribution in [0, 0.1) is 5.92 Å². The number of carbonyl (C=O) groups excluding carboxylic acids is 1. The topological polar surface area (TPSA) is 47.0 Å². The third kappa shape index (κ3) is 4.65. The van der Waals surface area contributed by atoms with E-state index in [1.165, 1.54) is 11.1 Å². The Bertz CT molecular complexity index is 913. The molecule has 31 heavy (non-hydrogen) atoms. The molecule has 3 aliphatic heterocycles. The third-order valence-corrected chi connectivity index (χ3v) is 7.02. The van der Waals surface area contributed by atoms with Crippen LogP contribution in [0.1, 0.15) is 42.2 Å². The van der Waals surface area contributed by atoms with Crippen molar-refractivity contribution >= 4 is 24.0 Å². The van der Waals surface area contributed by atoms with Gasteiger partial charge in [-0.2, -0.15) is 0 Å². The number of benzene rings is 2. The molecule has 0 saturated carbocycles. The van der Waals surface area contributed by atoms with Crippen molar-refractivity contribution in [1.29, 1.82) is 0 Å². The molecule has 1 N–H and O–H groups in total. The largest absolute Gasteiger partial charge is 0.374 e. The van der Waals surface area contributed by atoms with Gasteiger partial charge in [-0.3, -0.25) is 14.6 Å². The highest BCUT2D eigenvalue weighted by molar-refractivity contribution is 5.95. The lowest BCUT2D eigenvalue weighted by atomic mass is 9.96. The zero-order valence-corrected chi connectivity index (χ0v) is 18.8. The summed E-state index contributed by atoms with van der Waals surface area (Å²) in [5.41, 5.74) is 4.70. The van der Waals surface area contributed by atoms with Crippen molar-refractivity contribution in [2.24, 2.45) is 5.92 Å². The molecule has 2 aromatic rings. The number of hydrogen-bond acceptors (Lipinski definition) is 4. The minimum Gasteiger partial charge on any atom is -0.374 e. The number of hydrogen-bond donors (Lipinski definition) is 1. The van der Waals surface area contributed by atoms with Gasteiger partial charge in [0.15, 0.2) is 0 Å². The summed E-state index contributed by atoms with van der Waals surface area (Å²) >= 11 is 0. The van der Waals surface area contributed by atoms with Gasteiger partial charge in [-0.1, -0.05) is 42.5 Å². The number of rotatable bonds is 4. The first kappa shape index (κ1) is 22.3. The molecule has 3 aliphatic rings. The standard InChI is InChI=1S/C25H31N3O2.ClH/c29-24(28-13-5-8-20-6-2-4-10-23(20)28)18-26-14-11-19(12-15-26)16-27-17-21-7-1-3-9-22(21)25(27)30;/h1-4,6-7,9-10,19,25,30H,5,8,11-18H2;1H. The monoisotopic (exact) mass is 441 g/mol. The number of anilines is 1. The Balaban J connectivity index is 0.00000231. The first-order valence-electron chi connectivity index (χ1n) is 11.3. The second-order valence-corrected chi connectivity index (χ2v) is 9.00. The van der Waals surface area contributed by atoms with Crippen LogP contribution in [0.3, 0.4) is 0 Å². The molecule has 6 heteroatoms. The van der Waals surface area contributed by atoms with Crippen molar-refractivity contribution in [2.45, 2.75) is 38.5 Å². The first-order chi connectivity index (χ1) is 14.7. The summed E-state index contributed by atoms with van der Waals surface area (Å²) in [6.45, 7) is 5.03. The summed E-state index contributed by atoms with van der Waals surface area (Å²) in [6, 6.07) is 16.5. The number of aryl methyl sites for hydroxylation is 1. The van der Waals surface area contributed by atoms with Crippen LogP contribution < -0.4 is 4.90 Å². The highest BCUT2D eigenvalue weighted by atomic mass is 35.5. The summed E-state index contributed by atoms with van der Waals surface area (Å²) in [7, 11) is 0. The van der Waals surface area contributed by atoms with Gasteiger partial charge in [0.25, 0.3) is 0 Å². The van der Waals surface area contributed by atoms with E-state index in [1.54, 1.807) is 0 Å². The Hall–Kier alpha value is -1.92. The van der Waals surface area contributed by atoms with Gasteiger partial charge >= 0.3 is 0 Å². The lowest BCUT2D eigenvalue weighted by molar-refractivity contribution is -0.120. The maximum absolute atomic E-state index is 13.0. The van der Waals surface area contributed by atoms with E-state index in [-0.39, 0.29) is 18.3 Å². The average molecular weight is 442 g/mol. The Labute approximate surface area is 191 Å². The van der Waals surface area contributed by atoms with Crippen molar-refractivity contribution < 1.29 is 9.90 Å². The highest BCUT2D eigenvalue weighted by Gasteiger charge is 2.32. The summed E-state index contributed by atoms with van der Waals surface area (Å²) in [5.74, 6) is 0.807. The smallest absolute Gasteiger partial charge is 0.241 e. The lowest BCUT2D eigenvalue weighted by Gasteiger charge is -2.36. The van der Waals surface area contributed by atoms with E-state index >= 15 is 0 Å². The Morgan fingerprint density at radius 2 is 1.68 bits per heavy atom. The Morgan fingerprint density at radius 1 is 0.968 bits per heavy atom. The number of piperidine rings is 1. The molecule has 1 amide bonds. The molecular formula is C25H32ClN3O2. The van der Waals surface area contributed by atoms with E-state index in [2.05, 4.69) is 34.1 Å². The predicted octanol–water partition coefficient (Wildman–Crippen LogP) is 3.61. The van der Waals surface area contributed by atoms with E-state index < -0.39 is 6.23 Å². The van der Waals surface area contributed by atoms with Crippen LogP contribution >= 0.6 is 12.4 Å². The van der Waals surface area contributed by atoms with Crippen LogP contribution in [0.25, 0.3) is 0 Å². The second kappa shape index (κ2) is 9.70. The van der Waals surface area contributed by atoms with Gasteiger partial charge in [-0.15, -0.1) is 12.4 Å². The van der Waals surface area contributed by atoms with Crippen LogP contribution in [0.5, 0.6) is 0 Å². The maximum Gasteiger partial charge on any atom is 0.241 e. The Kier molecular flexibility index (Phi) is 6.97. The maximum atomic E-state index is 13.0. The average Bonchev–Trinajstić information content (AvgIpc) is 3.10. The fourth-order valence-corrected chi connectivity index (χ4v) is 5.32. The molecule has 5 rings (SSSR count). The molecular weight excluding hydrogens is 410 g/mol. The van der Waals surface area contributed by atoms with Gasteiger partial charge in [0.2, 0.25) is 5.91 Å². The molecule has 0 aliphatic carbocycles. The van der Waals surface area contributed by atoms with Gasteiger partial charge in [0.05, 0.1) is 6.54 Å². The number of aliphatic hydroxyl groups excluding tert-OH is 1. The normalized spacial score (nSPS) is 22.0. The highest BCUT2D eigenvalue weighted by Crippen LogP contribution is 2.33. The molecule has 1 fully saturated rings. The van der Waals surface area contributed by atoms with Gasteiger partial charge in [-0.05, 0) is 67.4 Å². The fraction of sp³-hybridized carbons (Fsp3) is 0.480. The number of halogens is 1. The number of likely N-dealkylation sites (tertiary alicyclic amines) is 1. The molecule has 3 heterocycles. The van der Waals surface area contributed by atoms with Crippen molar-refractivity contribution in [3.63, 3.8) is 0 Å². The molecule has 2 aromatic carbocycles. The molecule has 1 unspecified atom stereocenters. The molecule has 166 valence electrons. The van der Waals surface area contributed by atoms with Gasteiger partial charge < -0.3 is 10.0 Å². The number of amides is 1. The molecule has 1 saturated heterocycles. The minimum atomic E-state index is -0.472. The van der Waals surface area contributed by atoms with Gasteiger partial charge in [-0.25, -0.2) is 0 Å². The van der Waals surface area contributed by atoms with Crippen LogP contribution in [-0.2, 0) is 17.8 Å². The number of carbonyl (C=O) groups is 1. The third-order valence-electron chi connectivity index (χ3n) is 7.02. The number of para-hydroxylation sites is 1. The number of fused-ring (bicyclic) bond motifs is 2. The van der Waals surface area contributed by atoms with Crippen LogP contribution in [0.2, 0.25) is 0 Å². The zero-order valence-electron chi connectivity index (χ0n) is 17.9. The second-order valence-electron chi connectivity index (χ2n) is 9.00. The molecule has 0 bridgehead atoms. The molecule has 1 atom stereocenters. The van der Waals surface area contributed by atoms with Gasteiger partial charge in [0.1, 0.15) is 6.23 Å². The summed E-state index contributed by atoms with van der Waals surface area (Å²) in [5, 5.41) is 10.6. The lowest BCUT2D eigenvalue weighted by Crippen LogP contribution is -2.46. The van der Waals surface area contributed by atoms with Crippen LogP contribution in [-0.4, -0.2) is 53.5 Å². The molecule has 5 nitrogen and oxygen atoms in total. The number of aliphatic hydroxyl groups is 1. The van der Waals surface area contributed by atoms with Crippen LogP contribution in [0.4, 0.5) is 5.69 Å². The predicted molar refractivity (Wildman–Crippen MR) is 125 cm³/mol. The van der Waals surface area contributed by atoms with Crippen molar-refractivity contribution in [3.8, 4) is 0 Å². The van der Waals surface area contributed by atoms with Crippen LogP contribution in [0.15, 0.2) is 48.5 Å². The van der Waals surface area contributed by atoms with Gasteiger partial charge in [0, 0.05) is 25.3 Å². The van der Waals surface area contributed by atoms with E-state index in [0.717, 1.165) is 69.7 Å². The molecule has 0 spiro atoms. The van der Waals surface area contributed by atoms with Crippen molar-refractivity contribution in [2.75, 3.05) is 37.6 Å². The van der Waals surface area contributed by atoms with Crippen molar-refractivity contribution in [3.05, 3.63) is 65.2 Å². The Morgan fingerprint density at radius 3 is 2.45 bits per heavy atom.